The number of nitrogens with zero attached hydrogens (tertiary/aromatic N) is 2. The maximum Gasteiger partial charge on any atom is 0.343 e. The molecule has 0 aromatic carbocycles. The van der Waals surface area contributed by atoms with Crippen LogP contribution in [0.5, 0.6) is 0 Å². The lowest BCUT2D eigenvalue weighted by Gasteiger charge is -2.13. The Hall–Kier alpha value is -1.58. The SMILES string of the molecule is CCOC(=O)c1cnc(SC)nc1NC(=O)CSCc1csc2c1CCCC2. The average Bonchev–Trinajstić information content (AvgIpc) is 3.11. The number of aryl methyl sites for hydroxylation is 1. The lowest BCUT2D eigenvalue weighted by molar-refractivity contribution is -0.113. The molecule has 28 heavy (non-hydrogen) atoms. The molecule has 6 nitrogen and oxygen atoms in total. The van der Waals surface area contributed by atoms with Crippen molar-refractivity contribution in [2.45, 2.75) is 43.5 Å². The lowest BCUT2D eigenvalue weighted by atomic mass is 9.97. The molecule has 150 valence electrons. The van der Waals surface area contributed by atoms with Crippen LogP contribution in [0.25, 0.3) is 0 Å². The van der Waals surface area contributed by atoms with E-state index in [2.05, 4.69) is 20.7 Å². The van der Waals surface area contributed by atoms with Crippen molar-refractivity contribution in [1.29, 1.82) is 0 Å². The molecule has 0 unspecified atom stereocenters. The highest BCUT2D eigenvalue weighted by Crippen LogP contribution is 2.32. The molecule has 0 spiro atoms. The summed E-state index contributed by atoms with van der Waals surface area (Å²) in [6.45, 7) is 1.98. The van der Waals surface area contributed by atoms with Crippen LogP contribution < -0.4 is 5.32 Å². The minimum absolute atomic E-state index is 0.171. The van der Waals surface area contributed by atoms with Crippen LogP contribution in [0.15, 0.2) is 16.7 Å². The monoisotopic (exact) mass is 437 g/mol. The van der Waals surface area contributed by atoms with Crippen molar-refractivity contribution in [2.24, 2.45) is 0 Å². The second kappa shape index (κ2) is 10.3. The summed E-state index contributed by atoms with van der Waals surface area (Å²) in [5, 5.41) is 5.46. The molecule has 1 N–H and O–H groups in total. The van der Waals surface area contributed by atoms with Crippen molar-refractivity contribution in [1.82, 2.24) is 9.97 Å². The maximum absolute atomic E-state index is 12.4. The molecule has 2 aromatic rings. The Balaban J connectivity index is 1.59. The fourth-order valence-corrected chi connectivity index (χ4v) is 5.45. The molecular weight excluding hydrogens is 414 g/mol. The number of fused-ring (bicyclic) bond motifs is 1. The summed E-state index contributed by atoms with van der Waals surface area (Å²) in [6, 6.07) is 0. The first-order valence-corrected chi connectivity index (χ1v) is 12.4. The Labute approximate surface area is 177 Å². The van der Waals surface area contributed by atoms with Crippen molar-refractivity contribution in [3.8, 4) is 0 Å². The summed E-state index contributed by atoms with van der Waals surface area (Å²) in [7, 11) is 0. The number of amides is 1. The lowest BCUT2D eigenvalue weighted by Crippen LogP contribution is -2.19. The zero-order valence-corrected chi connectivity index (χ0v) is 18.4. The highest BCUT2D eigenvalue weighted by molar-refractivity contribution is 7.99. The van der Waals surface area contributed by atoms with Gasteiger partial charge < -0.3 is 10.1 Å². The van der Waals surface area contributed by atoms with Crippen molar-refractivity contribution in [2.75, 3.05) is 23.9 Å². The molecule has 3 rings (SSSR count). The molecule has 1 amide bonds. The van der Waals surface area contributed by atoms with Crippen molar-refractivity contribution < 1.29 is 14.3 Å². The summed E-state index contributed by atoms with van der Waals surface area (Å²) in [4.78, 5) is 34.4. The molecule has 9 heteroatoms. The van der Waals surface area contributed by atoms with E-state index in [1.165, 1.54) is 53.2 Å². The number of ether oxygens (including phenoxy) is 1. The fourth-order valence-electron chi connectivity index (χ4n) is 3.02. The molecule has 0 aliphatic heterocycles. The van der Waals surface area contributed by atoms with E-state index in [-0.39, 0.29) is 23.9 Å². The minimum atomic E-state index is -0.539. The number of aromatic nitrogens is 2. The number of thioether (sulfide) groups is 2. The van der Waals surface area contributed by atoms with Crippen LogP contribution in [0.3, 0.4) is 0 Å². The van der Waals surface area contributed by atoms with Crippen molar-refractivity contribution >= 4 is 52.6 Å². The molecule has 2 heterocycles. The van der Waals surface area contributed by atoms with Gasteiger partial charge in [-0.15, -0.1) is 23.1 Å². The number of anilines is 1. The Bertz CT molecular complexity index is 854. The van der Waals surface area contributed by atoms with Crippen LogP contribution in [0, 0.1) is 0 Å². The molecule has 0 radical (unpaired) electrons. The average molecular weight is 438 g/mol. The number of rotatable bonds is 8. The van der Waals surface area contributed by atoms with Crippen LogP contribution in [-0.4, -0.2) is 40.5 Å². The zero-order valence-electron chi connectivity index (χ0n) is 15.9. The number of hydrogen-bond donors (Lipinski definition) is 1. The van der Waals surface area contributed by atoms with Gasteiger partial charge in [0.1, 0.15) is 5.56 Å². The van der Waals surface area contributed by atoms with Gasteiger partial charge in [0.15, 0.2) is 11.0 Å². The molecule has 0 saturated carbocycles. The van der Waals surface area contributed by atoms with Crippen LogP contribution in [0.4, 0.5) is 5.82 Å². The number of carbonyl (C=O) groups excluding carboxylic acids is 2. The number of thiophene rings is 1. The van der Waals surface area contributed by atoms with Gasteiger partial charge in [-0.2, -0.15) is 0 Å². The molecule has 0 atom stereocenters. The summed E-state index contributed by atoms with van der Waals surface area (Å²) < 4.78 is 5.03. The van der Waals surface area contributed by atoms with Gasteiger partial charge in [-0.3, -0.25) is 4.79 Å². The third kappa shape index (κ3) is 5.27. The van der Waals surface area contributed by atoms with E-state index in [9.17, 15) is 9.59 Å². The van der Waals surface area contributed by atoms with E-state index >= 15 is 0 Å². The Morgan fingerprint density at radius 3 is 2.93 bits per heavy atom. The first-order chi connectivity index (χ1) is 13.6. The predicted molar refractivity (Wildman–Crippen MR) is 116 cm³/mol. The van der Waals surface area contributed by atoms with Crippen LogP contribution in [-0.2, 0) is 28.1 Å². The van der Waals surface area contributed by atoms with Crippen LogP contribution in [0.1, 0.15) is 46.1 Å². The topological polar surface area (TPSA) is 81.2 Å². The summed E-state index contributed by atoms with van der Waals surface area (Å²) in [5.74, 6) is 0.597. The highest BCUT2D eigenvalue weighted by Gasteiger charge is 2.19. The second-order valence-electron chi connectivity index (χ2n) is 6.25. The number of esters is 1. The van der Waals surface area contributed by atoms with Gasteiger partial charge >= 0.3 is 5.97 Å². The molecular formula is C19H23N3O3S3. The van der Waals surface area contributed by atoms with E-state index in [4.69, 9.17) is 4.74 Å². The number of hydrogen-bond acceptors (Lipinski definition) is 8. The van der Waals surface area contributed by atoms with E-state index in [0.717, 1.165) is 12.2 Å². The Morgan fingerprint density at radius 1 is 1.32 bits per heavy atom. The van der Waals surface area contributed by atoms with Gasteiger partial charge in [-0.1, -0.05) is 11.8 Å². The van der Waals surface area contributed by atoms with Gasteiger partial charge in [0.25, 0.3) is 0 Å². The van der Waals surface area contributed by atoms with Crippen molar-refractivity contribution in [3.63, 3.8) is 0 Å². The van der Waals surface area contributed by atoms with Gasteiger partial charge in [0.2, 0.25) is 5.91 Å². The van der Waals surface area contributed by atoms with Gasteiger partial charge in [-0.05, 0) is 55.4 Å². The van der Waals surface area contributed by atoms with Crippen LogP contribution in [0.2, 0.25) is 0 Å². The van der Waals surface area contributed by atoms with E-state index in [1.54, 1.807) is 18.7 Å². The van der Waals surface area contributed by atoms with Gasteiger partial charge in [-0.25, -0.2) is 14.8 Å². The van der Waals surface area contributed by atoms with E-state index in [1.807, 2.05) is 17.6 Å². The van der Waals surface area contributed by atoms with E-state index < -0.39 is 5.97 Å². The number of carbonyl (C=O) groups is 2. The molecule has 1 aliphatic rings. The molecule has 0 fully saturated rings. The smallest absolute Gasteiger partial charge is 0.343 e. The summed E-state index contributed by atoms with van der Waals surface area (Å²) in [5.41, 5.74) is 3.02. The zero-order chi connectivity index (χ0) is 19.9. The molecule has 0 saturated heterocycles. The molecule has 2 aromatic heterocycles. The normalized spacial score (nSPS) is 13.1. The summed E-state index contributed by atoms with van der Waals surface area (Å²) >= 11 is 4.76. The van der Waals surface area contributed by atoms with E-state index in [0.29, 0.717) is 10.9 Å². The predicted octanol–water partition coefficient (Wildman–Crippen LogP) is 4.19. The van der Waals surface area contributed by atoms with Gasteiger partial charge in [0, 0.05) is 16.8 Å². The first kappa shape index (κ1) is 21.1. The molecule has 1 aliphatic carbocycles. The fraction of sp³-hybridized carbons (Fsp3) is 0.474. The highest BCUT2D eigenvalue weighted by atomic mass is 32.2. The summed E-state index contributed by atoms with van der Waals surface area (Å²) in [6.07, 6.45) is 8.11. The van der Waals surface area contributed by atoms with Crippen LogP contribution >= 0.6 is 34.9 Å². The quantitative estimate of drug-likeness (QED) is 0.377. The van der Waals surface area contributed by atoms with Gasteiger partial charge in [0.05, 0.1) is 12.4 Å². The standard InChI is InChI=1S/C19H23N3O3S3/c1-3-25-18(24)14-8-20-19(26-2)22-17(14)21-16(23)11-27-9-12-10-28-15-7-5-4-6-13(12)15/h8,10H,3-7,9,11H2,1-2H3,(H,20,21,22,23). The first-order valence-electron chi connectivity index (χ1n) is 9.16. The molecule has 0 bridgehead atoms. The Morgan fingerprint density at radius 2 is 2.14 bits per heavy atom. The second-order valence-corrected chi connectivity index (χ2v) is 8.97. The Kier molecular flexibility index (Phi) is 7.75. The number of nitrogens with one attached hydrogen (secondary N) is 1. The third-order valence-corrected chi connectivity index (χ3v) is 7.02. The minimum Gasteiger partial charge on any atom is -0.462 e. The largest absolute Gasteiger partial charge is 0.462 e. The maximum atomic E-state index is 12.4. The van der Waals surface area contributed by atoms with Crippen molar-refractivity contribution in [3.05, 3.63) is 33.1 Å². The third-order valence-electron chi connectivity index (χ3n) is 4.34.